The monoisotopic (exact) mass is 264 g/mol. The van der Waals surface area contributed by atoms with Gasteiger partial charge in [0.2, 0.25) is 0 Å². The number of hydrogen-bond donors (Lipinski definition) is 2. The van der Waals surface area contributed by atoms with Crippen LogP contribution < -0.4 is 11.1 Å². The van der Waals surface area contributed by atoms with E-state index < -0.39 is 0 Å². The summed E-state index contributed by atoms with van der Waals surface area (Å²) >= 11 is 0. The molecule has 1 amide bonds. The Morgan fingerprint density at radius 1 is 1.53 bits per heavy atom. The standard InChI is InChI=1S/C14H17FN2O2/c1-7-6-8(15)2-3-9(7)14(18)17-12-11(16)10-4-5-19-13(10)12/h2-3,6,10-13H,4-5,16H2,1H3,(H,17,18). The van der Waals surface area contributed by atoms with E-state index in [1.54, 1.807) is 6.92 Å². The number of rotatable bonds is 2. The SMILES string of the molecule is Cc1cc(F)ccc1C(=O)NC1C(N)C2CCOC21. The molecule has 4 unspecified atom stereocenters. The van der Waals surface area contributed by atoms with Crippen LogP contribution in [0.3, 0.4) is 0 Å². The predicted molar refractivity (Wildman–Crippen MR) is 68.2 cm³/mol. The van der Waals surface area contributed by atoms with E-state index in [1.165, 1.54) is 18.2 Å². The average Bonchev–Trinajstić information content (AvgIpc) is 2.80. The lowest BCUT2D eigenvalue weighted by Gasteiger charge is -2.45. The van der Waals surface area contributed by atoms with Crippen molar-refractivity contribution in [3.05, 3.63) is 35.1 Å². The highest BCUT2D eigenvalue weighted by molar-refractivity contribution is 5.96. The van der Waals surface area contributed by atoms with Crippen LogP contribution >= 0.6 is 0 Å². The topological polar surface area (TPSA) is 64.4 Å². The Morgan fingerprint density at radius 3 is 3.05 bits per heavy atom. The van der Waals surface area contributed by atoms with Crippen molar-refractivity contribution in [2.45, 2.75) is 31.5 Å². The van der Waals surface area contributed by atoms with Gasteiger partial charge in [-0.05, 0) is 37.1 Å². The highest BCUT2D eigenvalue weighted by Crippen LogP contribution is 2.37. The van der Waals surface area contributed by atoms with Crippen LogP contribution in [0.1, 0.15) is 22.3 Å². The number of halogens is 1. The molecule has 0 spiro atoms. The lowest BCUT2D eigenvalue weighted by molar-refractivity contribution is -0.0161. The quantitative estimate of drug-likeness (QED) is 0.837. The number of fused-ring (bicyclic) bond motifs is 1. The molecular formula is C14H17FN2O2. The molecule has 102 valence electrons. The van der Waals surface area contributed by atoms with E-state index in [9.17, 15) is 9.18 Å². The van der Waals surface area contributed by atoms with Gasteiger partial charge in [-0.25, -0.2) is 4.39 Å². The second-order valence-electron chi connectivity index (χ2n) is 5.32. The van der Waals surface area contributed by atoms with Gasteiger partial charge >= 0.3 is 0 Å². The second kappa shape index (κ2) is 4.58. The minimum absolute atomic E-state index is 0.0414. The maximum absolute atomic E-state index is 13.0. The molecule has 1 aromatic rings. The molecule has 1 heterocycles. The zero-order valence-corrected chi connectivity index (χ0v) is 10.7. The molecule has 1 aliphatic carbocycles. The van der Waals surface area contributed by atoms with Crippen molar-refractivity contribution in [2.24, 2.45) is 11.7 Å². The van der Waals surface area contributed by atoms with Crippen LogP contribution in [-0.4, -0.2) is 30.7 Å². The Kier molecular flexibility index (Phi) is 3.03. The lowest BCUT2D eigenvalue weighted by Crippen LogP contribution is -2.69. The Balaban J connectivity index is 1.71. The van der Waals surface area contributed by atoms with Crippen molar-refractivity contribution in [1.29, 1.82) is 0 Å². The molecule has 2 aliphatic rings. The van der Waals surface area contributed by atoms with Gasteiger partial charge in [-0.1, -0.05) is 0 Å². The summed E-state index contributed by atoms with van der Waals surface area (Å²) in [5.41, 5.74) is 7.14. The summed E-state index contributed by atoms with van der Waals surface area (Å²) < 4.78 is 18.6. The van der Waals surface area contributed by atoms with Crippen LogP contribution in [-0.2, 0) is 4.74 Å². The summed E-state index contributed by atoms with van der Waals surface area (Å²) in [6.07, 6.45) is 1.01. The van der Waals surface area contributed by atoms with Gasteiger partial charge in [0.15, 0.2) is 0 Å². The third-order valence-electron chi connectivity index (χ3n) is 4.18. The molecule has 5 heteroatoms. The number of carbonyl (C=O) groups is 1. The van der Waals surface area contributed by atoms with E-state index in [4.69, 9.17) is 10.5 Å². The van der Waals surface area contributed by atoms with Crippen molar-refractivity contribution in [3.8, 4) is 0 Å². The highest BCUT2D eigenvalue weighted by Gasteiger charge is 2.52. The Labute approximate surface area is 111 Å². The van der Waals surface area contributed by atoms with E-state index in [0.29, 0.717) is 23.7 Å². The molecule has 2 fully saturated rings. The van der Waals surface area contributed by atoms with E-state index in [2.05, 4.69) is 5.32 Å². The van der Waals surface area contributed by atoms with E-state index >= 15 is 0 Å². The first kappa shape index (κ1) is 12.6. The number of benzene rings is 1. The summed E-state index contributed by atoms with van der Waals surface area (Å²) in [5.74, 6) is -0.194. The molecule has 1 aliphatic heterocycles. The highest BCUT2D eigenvalue weighted by atomic mass is 19.1. The number of hydrogen-bond acceptors (Lipinski definition) is 3. The molecule has 0 radical (unpaired) electrons. The normalized spacial score (nSPS) is 32.6. The fourth-order valence-electron chi connectivity index (χ4n) is 3.04. The molecule has 4 atom stereocenters. The van der Waals surface area contributed by atoms with E-state index in [-0.39, 0.29) is 29.9 Å². The third-order valence-corrected chi connectivity index (χ3v) is 4.18. The Bertz CT molecular complexity index is 520. The maximum Gasteiger partial charge on any atom is 0.251 e. The number of nitrogens with one attached hydrogen (secondary N) is 1. The molecule has 1 saturated heterocycles. The van der Waals surface area contributed by atoms with Crippen molar-refractivity contribution >= 4 is 5.91 Å². The van der Waals surface area contributed by atoms with Crippen LogP contribution in [0.2, 0.25) is 0 Å². The van der Waals surface area contributed by atoms with Crippen LogP contribution in [0.5, 0.6) is 0 Å². The number of nitrogens with two attached hydrogens (primary N) is 1. The van der Waals surface area contributed by atoms with Crippen molar-refractivity contribution < 1.29 is 13.9 Å². The van der Waals surface area contributed by atoms with Crippen LogP contribution in [0.25, 0.3) is 0 Å². The zero-order chi connectivity index (χ0) is 13.6. The average molecular weight is 264 g/mol. The van der Waals surface area contributed by atoms with E-state index in [0.717, 1.165) is 6.42 Å². The van der Waals surface area contributed by atoms with Crippen molar-refractivity contribution in [3.63, 3.8) is 0 Å². The summed E-state index contributed by atoms with van der Waals surface area (Å²) in [4.78, 5) is 12.2. The molecule has 4 nitrogen and oxygen atoms in total. The largest absolute Gasteiger partial charge is 0.376 e. The minimum atomic E-state index is -0.339. The van der Waals surface area contributed by atoms with Gasteiger partial charge < -0.3 is 15.8 Å². The maximum atomic E-state index is 13.0. The summed E-state index contributed by atoms with van der Waals surface area (Å²) in [6.45, 7) is 2.43. The van der Waals surface area contributed by atoms with Crippen molar-refractivity contribution in [1.82, 2.24) is 5.32 Å². The fraction of sp³-hybridized carbons (Fsp3) is 0.500. The van der Waals surface area contributed by atoms with Crippen LogP contribution in [0, 0.1) is 18.7 Å². The first-order chi connectivity index (χ1) is 9.08. The minimum Gasteiger partial charge on any atom is -0.376 e. The first-order valence-corrected chi connectivity index (χ1v) is 6.52. The molecule has 1 saturated carbocycles. The first-order valence-electron chi connectivity index (χ1n) is 6.52. The molecule has 0 bridgehead atoms. The molecule has 19 heavy (non-hydrogen) atoms. The van der Waals surface area contributed by atoms with Crippen molar-refractivity contribution in [2.75, 3.05) is 6.61 Å². The van der Waals surface area contributed by atoms with Gasteiger partial charge in [-0.15, -0.1) is 0 Å². The molecule has 3 N–H and O–H groups in total. The zero-order valence-electron chi connectivity index (χ0n) is 10.7. The second-order valence-corrected chi connectivity index (χ2v) is 5.32. The molecule has 1 aromatic carbocycles. The number of carbonyl (C=O) groups excluding carboxylic acids is 1. The third kappa shape index (κ3) is 2.03. The number of aryl methyl sites for hydroxylation is 1. The van der Waals surface area contributed by atoms with Gasteiger partial charge in [0.1, 0.15) is 5.82 Å². The lowest BCUT2D eigenvalue weighted by atomic mass is 9.72. The van der Waals surface area contributed by atoms with E-state index in [1.807, 2.05) is 0 Å². The van der Waals surface area contributed by atoms with Crippen LogP contribution in [0.15, 0.2) is 18.2 Å². The molecular weight excluding hydrogens is 247 g/mol. The summed E-state index contributed by atoms with van der Waals surface area (Å²) in [5, 5.41) is 2.90. The molecule has 3 rings (SSSR count). The predicted octanol–water partition coefficient (Wildman–Crippen LogP) is 0.979. The van der Waals surface area contributed by atoms with Gasteiger partial charge in [-0.3, -0.25) is 4.79 Å². The van der Waals surface area contributed by atoms with Crippen LogP contribution in [0.4, 0.5) is 4.39 Å². The Hall–Kier alpha value is -1.46. The number of ether oxygens (including phenoxy) is 1. The Morgan fingerprint density at radius 2 is 2.32 bits per heavy atom. The summed E-state index contributed by atoms with van der Waals surface area (Å²) in [6, 6.07) is 3.96. The molecule has 0 aromatic heterocycles. The summed E-state index contributed by atoms with van der Waals surface area (Å²) in [7, 11) is 0. The van der Waals surface area contributed by atoms with Gasteiger partial charge in [0, 0.05) is 24.1 Å². The van der Waals surface area contributed by atoms with Gasteiger partial charge in [-0.2, -0.15) is 0 Å². The smallest absolute Gasteiger partial charge is 0.251 e. The van der Waals surface area contributed by atoms with Gasteiger partial charge in [0.25, 0.3) is 5.91 Å². The fourth-order valence-corrected chi connectivity index (χ4v) is 3.04. The number of amides is 1. The van der Waals surface area contributed by atoms with Gasteiger partial charge in [0.05, 0.1) is 12.1 Å².